The Kier molecular flexibility index (Phi) is 5.50. The first kappa shape index (κ1) is 13.2. The second-order valence-corrected chi connectivity index (χ2v) is 4.80. The van der Waals surface area contributed by atoms with Crippen molar-refractivity contribution in [1.29, 1.82) is 0 Å². The van der Waals surface area contributed by atoms with Crippen molar-refractivity contribution in [3.05, 3.63) is 35.9 Å². The van der Waals surface area contributed by atoms with Gasteiger partial charge >= 0.3 is 0 Å². The zero-order valence-corrected chi connectivity index (χ0v) is 10.9. The monoisotopic (exact) mass is 220 g/mol. The molecular formula is C14H24N2. The van der Waals surface area contributed by atoms with Gasteiger partial charge in [-0.15, -0.1) is 0 Å². The predicted molar refractivity (Wildman–Crippen MR) is 70.5 cm³/mol. The molecule has 0 heterocycles. The summed E-state index contributed by atoms with van der Waals surface area (Å²) in [5, 5.41) is 3.54. The lowest BCUT2D eigenvalue weighted by Crippen LogP contribution is -2.39. The fraction of sp³-hybridized carbons (Fsp3) is 0.571. The molecule has 0 bridgehead atoms. The largest absolute Gasteiger partial charge is 0.309 e. The van der Waals surface area contributed by atoms with Crippen LogP contribution in [0.5, 0.6) is 0 Å². The Bertz CT molecular complexity index is 282. The van der Waals surface area contributed by atoms with Crippen LogP contribution in [0.25, 0.3) is 0 Å². The van der Waals surface area contributed by atoms with Crippen molar-refractivity contribution < 1.29 is 0 Å². The molecule has 0 saturated carbocycles. The minimum atomic E-state index is 0.521. The number of rotatable bonds is 6. The molecule has 0 aromatic heterocycles. The molecule has 1 aromatic rings. The molecule has 0 radical (unpaired) electrons. The third kappa shape index (κ3) is 4.77. The van der Waals surface area contributed by atoms with Crippen LogP contribution in [0.1, 0.15) is 26.3 Å². The fourth-order valence-electron chi connectivity index (χ4n) is 1.60. The summed E-state index contributed by atoms with van der Waals surface area (Å²) in [6.07, 6.45) is 0. The third-order valence-electron chi connectivity index (χ3n) is 2.94. The van der Waals surface area contributed by atoms with Crippen LogP contribution in [0.2, 0.25) is 0 Å². The van der Waals surface area contributed by atoms with E-state index in [0.29, 0.717) is 12.1 Å². The fourth-order valence-corrected chi connectivity index (χ4v) is 1.60. The van der Waals surface area contributed by atoms with E-state index in [9.17, 15) is 0 Å². The summed E-state index contributed by atoms with van der Waals surface area (Å²) >= 11 is 0. The van der Waals surface area contributed by atoms with Crippen LogP contribution < -0.4 is 5.32 Å². The van der Waals surface area contributed by atoms with Crippen LogP contribution in [0.15, 0.2) is 30.3 Å². The molecule has 0 spiro atoms. The van der Waals surface area contributed by atoms with E-state index in [1.807, 2.05) is 0 Å². The van der Waals surface area contributed by atoms with Crippen molar-refractivity contribution in [1.82, 2.24) is 10.2 Å². The molecule has 90 valence electrons. The minimum Gasteiger partial charge on any atom is -0.309 e. The maximum absolute atomic E-state index is 3.54. The highest BCUT2D eigenvalue weighted by Crippen LogP contribution is 2.00. The van der Waals surface area contributed by atoms with Gasteiger partial charge in [0.05, 0.1) is 0 Å². The van der Waals surface area contributed by atoms with E-state index in [0.717, 1.165) is 13.1 Å². The molecule has 2 heteroatoms. The van der Waals surface area contributed by atoms with Gasteiger partial charge in [0.15, 0.2) is 0 Å². The Labute approximate surface area is 99.7 Å². The van der Waals surface area contributed by atoms with E-state index in [2.05, 4.69) is 68.4 Å². The highest BCUT2D eigenvalue weighted by molar-refractivity contribution is 5.14. The molecule has 1 atom stereocenters. The SMILES string of the molecule is CC(C)N(C)C[C@H](C)NCc1ccccc1. The standard InChI is InChI=1S/C14H24N2/c1-12(2)16(4)11-13(3)15-10-14-8-6-5-7-9-14/h5-9,12-13,15H,10-11H2,1-4H3/t13-/m0/s1. The maximum atomic E-state index is 3.54. The van der Waals surface area contributed by atoms with Gasteiger partial charge in [-0.2, -0.15) is 0 Å². The average molecular weight is 220 g/mol. The number of nitrogens with zero attached hydrogens (tertiary/aromatic N) is 1. The zero-order valence-electron chi connectivity index (χ0n) is 10.9. The Morgan fingerprint density at radius 2 is 1.75 bits per heavy atom. The van der Waals surface area contributed by atoms with Crippen LogP contribution >= 0.6 is 0 Å². The van der Waals surface area contributed by atoms with Crippen molar-refractivity contribution in [3.63, 3.8) is 0 Å². The molecule has 0 unspecified atom stereocenters. The number of benzene rings is 1. The van der Waals surface area contributed by atoms with Gasteiger partial charge in [0.25, 0.3) is 0 Å². The number of hydrogen-bond donors (Lipinski definition) is 1. The van der Waals surface area contributed by atoms with E-state index in [1.54, 1.807) is 0 Å². The summed E-state index contributed by atoms with van der Waals surface area (Å²) in [6, 6.07) is 11.7. The van der Waals surface area contributed by atoms with Crippen LogP contribution in [0.4, 0.5) is 0 Å². The first-order valence-electron chi connectivity index (χ1n) is 6.07. The molecular weight excluding hydrogens is 196 g/mol. The van der Waals surface area contributed by atoms with Crippen LogP contribution in [0, 0.1) is 0 Å². The highest BCUT2D eigenvalue weighted by atomic mass is 15.1. The molecule has 0 aliphatic heterocycles. The van der Waals surface area contributed by atoms with Crippen molar-refractivity contribution >= 4 is 0 Å². The Morgan fingerprint density at radius 3 is 2.31 bits per heavy atom. The van der Waals surface area contributed by atoms with Gasteiger partial charge in [-0.3, -0.25) is 0 Å². The normalized spacial score (nSPS) is 13.4. The first-order chi connectivity index (χ1) is 7.59. The molecule has 2 nitrogen and oxygen atoms in total. The second-order valence-electron chi connectivity index (χ2n) is 4.80. The summed E-state index contributed by atoms with van der Waals surface area (Å²) < 4.78 is 0. The smallest absolute Gasteiger partial charge is 0.0208 e. The minimum absolute atomic E-state index is 0.521. The molecule has 0 amide bonds. The van der Waals surface area contributed by atoms with Gasteiger partial charge < -0.3 is 10.2 Å². The molecule has 1 N–H and O–H groups in total. The van der Waals surface area contributed by atoms with E-state index in [1.165, 1.54) is 5.56 Å². The Balaban J connectivity index is 2.28. The third-order valence-corrected chi connectivity index (χ3v) is 2.94. The quantitative estimate of drug-likeness (QED) is 0.792. The Hall–Kier alpha value is -0.860. The summed E-state index contributed by atoms with van der Waals surface area (Å²) in [5.41, 5.74) is 1.35. The summed E-state index contributed by atoms with van der Waals surface area (Å²) in [6.45, 7) is 8.73. The number of nitrogens with one attached hydrogen (secondary N) is 1. The van der Waals surface area contributed by atoms with E-state index < -0.39 is 0 Å². The van der Waals surface area contributed by atoms with Gasteiger partial charge in [0.2, 0.25) is 0 Å². The molecule has 1 rings (SSSR count). The lowest BCUT2D eigenvalue weighted by molar-refractivity contribution is 0.246. The Morgan fingerprint density at radius 1 is 1.12 bits per heavy atom. The van der Waals surface area contributed by atoms with Gasteiger partial charge in [-0.05, 0) is 33.4 Å². The number of hydrogen-bond acceptors (Lipinski definition) is 2. The molecule has 0 aliphatic carbocycles. The summed E-state index contributed by atoms with van der Waals surface area (Å²) in [4.78, 5) is 2.36. The van der Waals surface area contributed by atoms with E-state index >= 15 is 0 Å². The van der Waals surface area contributed by atoms with Gasteiger partial charge in [0.1, 0.15) is 0 Å². The lowest BCUT2D eigenvalue weighted by atomic mass is 10.2. The van der Waals surface area contributed by atoms with Crippen molar-refractivity contribution in [2.75, 3.05) is 13.6 Å². The van der Waals surface area contributed by atoms with Crippen LogP contribution in [-0.4, -0.2) is 30.6 Å². The van der Waals surface area contributed by atoms with Gasteiger partial charge in [-0.1, -0.05) is 30.3 Å². The van der Waals surface area contributed by atoms with Crippen molar-refractivity contribution in [2.24, 2.45) is 0 Å². The number of likely N-dealkylation sites (N-methyl/N-ethyl adjacent to an activating group) is 1. The molecule has 0 aliphatic rings. The van der Waals surface area contributed by atoms with E-state index in [-0.39, 0.29) is 0 Å². The summed E-state index contributed by atoms with van der Waals surface area (Å²) in [7, 11) is 2.17. The topological polar surface area (TPSA) is 15.3 Å². The molecule has 16 heavy (non-hydrogen) atoms. The molecule has 0 saturated heterocycles. The first-order valence-corrected chi connectivity index (χ1v) is 6.07. The van der Waals surface area contributed by atoms with Crippen molar-refractivity contribution in [2.45, 2.75) is 39.4 Å². The lowest BCUT2D eigenvalue weighted by Gasteiger charge is -2.25. The van der Waals surface area contributed by atoms with Crippen molar-refractivity contribution in [3.8, 4) is 0 Å². The maximum Gasteiger partial charge on any atom is 0.0208 e. The van der Waals surface area contributed by atoms with Crippen LogP contribution in [0.3, 0.4) is 0 Å². The highest BCUT2D eigenvalue weighted by Gasteiger charge is 2.08. The van der Waals surface area contributed by atoms with Crippen LogP contribution in [-0.2, 0) is 6.54 Å². The molecule has 1 aromatic carbocycles. The molecule has 0 fully saturated rings. The van der Waals surface area contributed by atoms with E-state index in [4.69, 9.17) is 0 Å². The van der Waals surface area contributed by atoms with Gasteiger partial charge in [0, 0.05) is 25.2 Å². The second kappa shape index (κ2) is 6.66. The summed E-state index contributed by atoms with van der Waals surface area (Å²) in [5.74, 6) is 0. The van der Waals surface area contributed by atoms with Gasteiger partial charge in [-0.25, -0.2) is 0 Å². The predicted octanol–water partition coefficient (Wildman–Crippen LogP) is 2.50. The average Bonchev–Trinajstić information content (AvgIpc) is 2.27. The zero-order chi connectivity index (χ0) is 12.0.